The molecule has 1 heterocycles. The predicted octanol–water partition coefficient (Wildman–Crippen LogP) is 1.22. The molecule has 2 rings (SSSR count). The SMILES string of the molecule is C=CCOc1ccc(/C=N/Nc2nn[nH]n2)cc1OC. The van der Waals surface area contributed by atoms with Crippen molar-refractivity contribution in [1.82, 2.24) is 20.6 Å². The summed E-state index contributed by atoms with van der Waals surface area (Å²) in [6, 6.07) is 5.46. The van der Waals surface area contributed by atoms with Crippen LogP contribution in [0.4, 0.5) is 5.95 Å². The van der Waals surface area contributed by atoms with E-state index in [-0.39, 0.29) is 0 Å². The summed E-state index contributed by atoms with van der Waals surface area (Å²) < 4.78 is 10.7. The molecule has 0 atom stereocenters. The molecule has 0 spiro atoms. The second-order valence-electron chi connectivity index (χ2n) is 3.62. The van der Waals surface area contributed by atoms with Crippen molar-refractivity contribution in [2.45, 2.75) is 0 Å². The number of benzene rings is 1. The lowest BCUT2D eigenvalue weighted by atomic mass is 10.2. The molecule has 8 heteroatoms. The highest BCUT2D eigenvalue weighted by atomic mass is 16.5. The van der Waals surface area contributed by atoms with Crippen molar-refractivity contribution < 1.29 is 9.47 Å². The highest BCUT2D eigenvalue weighted by Crippen LogP contribution is 2.27. The maximum Gasteiger partial charge on any atom is 0.283 e. The van der Waals surface area contributed by atoms with Gasteiger partial charge in [-0.25, -0.2) is 5.43 Å². The molecule has 20 heavy (non-hydrogen) atoms. The third kappa shape index (κ3) is 3.55. The number of nitrogens with one attached hydrogen (secondary N) is 2. The molecule has 2 aromatic rings. The fourth-order valence-corrected chi connectivity index (χ4v) is 1.41. The summed E-state index contributed by atoms with van der Waals surface area (Å²) >= 11 is 0. The van der Waals surface area contributed by atoms with Crippen LogP contribution in [0.3, 0.4) is 0 Å². The van der Waals surface area contributed by atoms with Crippen molar-refractivity contribution in [1.29, 1.82) is 0 Å². The number of methoxy groups -OCH3 is 1. The second-order valence-corrected chi connectivity index (χ2v) is 3.62. The normalized spacial score (nSPS) is 10.4. The van der Waals surface area contributed by atoms with Crippen LogP contribution in [0.2, 0.25) is 0 Å². The Labute approximate surface area is 115 Å². The van der Waals surface area contributed by atoms with Crippen LogP contribution in [0.25, 0.3) is 0 Å². The molecule has 0 unspecified atom stereocenters. The summed E-state index contributed by atoms with van der Waals surface area (Å²) in [5.41, 5.74) is 3.46. The van der Waals surface area contributed by atoms with E-state index in [0.29, 0.717) is 24.1 Å². The standard InChI is InChI=1S/C12H14N6O2/c1-3-6-20-10-5-4-9(7-11(10)19-2)8-13-14-12-15-17-18-16-12/h3-5,7-8H,1,6H2,2H3,(H2,14,15,16,17,18)/b13-8+. The minimum Gasteiger partial charge on any atom is -0.493 e. The van der Waals surface area contributed by atoms with Gasteiger partial charge in [0.1, 0.15) is 6.61 Å². The number of H-pyrrole nitrogens is 1. The van der Waals surface area contributed by atoms with E-state index in [0.717, 1.165) is 5.56 Å². The highest BCUT2D eigenvalue weighted by molar-refractivity contribution is 5.81. The van der Waals surface area contributed by atoms with Crippen molar-refractivity contribution in [3.05, 3.63) is 36.4 Å². The van der Waals surface area contributed by atoms with E-state index >= 15 is 0 Å². The topological polar surface area (TPSA) is 97.3 Å². The first-order valence-electron chi connectivity index (χ1n) is 5.77. The monoisotopic (exact) mass is 274 g/mol. The molecule has 104 valence electrons. The van der Waals surface area contributed by atoms with Crippen LogP contribution in [-0.4, -0.2) is 40.6 Å². The molecule has 0 saturated heterocycles. The smallest absolute Gasteiger partial charge is 0.283 e. The Balaban J connectivity index is 2.04. The van der Waals surface area contributed by atoms with Gasteiger partial charge in [-0.3, -0.25) is 0 Å². The van der Waals surface area contributed by atoms with Crippen molar-refractivity contribution in [3.63, 3.8) is 0 Å². The molecular weight excluding hydrogens is 260 g/mol. The van der Waals surface area contributed by atoms with Gasteiger partial charge in [-0.05, 0) is 29.0 Å². The van der Waals surface area contributed by atoms with Gasteiger partial charge in [-0.15, -0.1) is 5.10 Å². The maximum absolute atomic E-state index is 5.46. The molecular formula is C12H14N6O2. The molecule has 1 aromatic heterocycles. The Hall–Kier alpha value is -2.90. The molecule has 2 N–H and O–H groups in total. The van der Waals surface area contributed by atoms with Gasteiger partial charge in [0.25, 0.3) is 5.95 Å². The maximum atomic E-state index is 5.46. The number of rotatable bonds is 7. The largest absolute Gasteiger partial charge is 0.493 e. The molecule has 0 saturated carbocycles. The lowest BCUT2D eigenvalue weighted by Crippen LogP contribution is -1.97. The average molecular weight is 274 g/mol. The summed E-state index contributed by atoms with van der Waals surface area (Å²) in [5, 5.41) is 17.1. The number of aromatic nitrogens is 4. The van der Waals surface area contributed by atoms with Crippen LogP contribution in [0.5, 0.6) is 11.5 Å². The number of hydrogen-bond donors (Lipinski definition) is 2. The Bertz CT molecular complexity index is 582. The van der Waals surface area contributed by atoms with Gasteiger partial charge in [-0.1, -0.05) is 17.8 Å². The van der Waals surface area contributed by atoms with Crippen molar-refractivity contribution in [3.8, 4) is 11.5 Å². The molecule has 0 bridgehead atoms. The average Bonchev–Trinajstić information content (AvgIpc) is 2.99. The minimum atomic E-state index is 0.291. The van der Waals surface area contributed by atoms with Gasteiger partial charge >= 0.3 is 0 Å². The third-order valence-corrected chi connectivity index (χ3v) is 2.27. The molecule has 0 aliphatic rings. The zero-order valence-corrected chi connectivity index (χ0v) is 10.9. The third-order valence-electron chi connectivity index (χ3n) is 2.27. The fraction of sp³-hybridized carbons (Fsp3) is 0.167. The van der Waals surface area contributed by atoms with Gasteiger partial charge in [-0.2, -0.15) is 10.3 Å². The summed E-state index contributed by atoms with van der Waals surface area (Å²) in [6.07, 6.45) is 3.28. The van der Waals surface area contributed by atoms with E-state index in [4.69, 9.17) is 9.47 Å². The van der Waals surface area contributed by atoms with Gasteiger partial charge < -0.3 is 9.47 Å². The molecule has 0 amide bonds. The summed E-state index contributed by atoms with van der Waals surface area (Å²) in [6.45, 7) is 4.02. The van der Waals surface area contributed by atoms with E-state index in [1.807, 2.05) is 6.07 Å². The van der Waals surface area contributed by atoms with Gasteiger partial charge in [0.05, 0.1) is 13.3 Å². The number of hydrogen-bond acceptors (Lipinski definition) is 7. The number of anilines is 1. The van der Waals surface area contributed by atoms with Crippen molar-refractivity contribution >= 4 is 12.2 Å². The molecule has 0 aliphatic heterocycles. The number of ether oxygens (including phenoxy) is 2. The molecule has 0 fully saturated rings. The lowest BCUT2D eigenvalue weighted by molar-refractivity contribution is 0.326. The van der Waals surface area contributed by atoms with Crippen molar-refractivity contribution in [2.75, 3.05) is 19.1 Å². The van der Waals surface area contributed by atoms with Crippen LogP contribution < -0.4 is 14.9 Å². The summed E-state index contributed by atoms with van der Waals surface area (Å²) in [7, 11) is 1.58. The first-order chi connectivity index (χ1) is 9.83. The molecule has 0 radical (unpaired) electrons. The zero-order valence-electron chi connectivity index (χ0n) is 10.9. The summed E-state index contributed by atoms with van der Waals surface area (Å²) in [4.78, 5) is 0. The number of hydrazone groups is 1. The minimum absolute atomic E-state index is 0.291. The Morgan fingerprint density at radius 3 is 3.05 bits per heavy atom. The highest BCUT2D eigenvalue weighted by Gasteiger charge is 2.04. The van der Waals surface area contributed by atoms with Crippen molar-refractivity contribution in [2.24, 2.45) is 5.10 Å². The quantitative estimate of drug-likeness (QED) is 0.447. The zero-order chi connectivity index (χ0) is 14.2. The Morgan fingerprint density at radius 2 is 2.35 bits per heavy atom. The molecule has 0 aliphatic carbocycles. The Morgan fingerprint density at radius 1 is 1.45 bits per heavy atom. The van der Waals surface area contributed by atoms with Crippen LogP contribution >= 0.6 is 0 Å². The molecule has 8 nitrogen and oxygen atoms in total. The van der Waals surface area contributed by atoms with Crippen LogP contribution in [0.15, 0.2) is 36.0 Å². The first kappa shape index (κ1) is 13.5. The molecule has 1 aromatic carbocycles. The number of aromatic amines is 1. The summed E-state index contributed by atoms with van der Waals surface area (Å²) in [5.74, 6) is 1.56. The van der Waals surface area contributed by atoms with E-state index in [1.165, 1.54) is 0 Å². The van der Waals surface area contributed by atoms with Crippen LogP contribution in [0, 0.1) is 0 Å². The van der Waals surface area contributed by atoms with Crippen LogP contribution in [0.1, 0.15) is 5.56 Å². The van der Waals surface area contributed by atoms with E-state index in [2.05, 4.69) is 37.7 Å². The van der Waals surface area contributed by atoms with E-state index in [1.54, 1.807) is 31.5 Å². The van der Waals surface area contributed by atoms with E-state index in [9.17, 15) is 0 Å². The number of nitrogens with zero attached hydrogens (tertiary/aromatic N) is 4. The van der Waals surface area contributed by atoms with Crippen LogP contribution in [-0.2, 0) is 0 Å². The van der Waals surface area contributed by atoms with Gasteiger partial charge in [0.2, 0.25) is 0 Å². The second kappa shape index (κ2) is 6.88. The first-order valence-corrected chi connectivity index (χ1v) is 5.77. The lowest BCUT2D eigenvalue weighted by Gasteiger charge is -2.09. The predicted molar refractivity (Wildman–Crippen MR) is 74.1 cm³/mol. The van der Waals surface area contributed by atoms with Gasteiger partial charge in [0.15, 0.2) is 11.5 Å². The number of tetrazole rings is 1. The van der Waals surface area contributed by atoms with E-state index < -0.39 is 0 Å². The van der Waals surface area contributed by atoms with Gasteiger partial charge in [0, 0.05) is 0 Å². The Kier molecular flexibility index (Phi) is 4.65. The fourth-order valence-electron chi connectivity index (χ4n) is 1.41.